The Labute approximate surface area is 164 Å². The molecule has 2 N–H and O–H groups in total. The van der Waals surface area contributed by atoms with Crippen molar-refractivity contribution >= 4 is 11.8 Å². The van der Waals surface area contributed by atoms with Crippen LogP contribution >= 0.6 is 0 Å². The summed E-state index contributed by atoms with van der Waals surface area (Å²) in [7, 11) is 0. The van der Waals surface area contributed by atoms with Crippen LogP contribution in [0.5, 0.6) is 0 Å². The third kappa shape index (κ3) is 5.41. The van der Waals surface area contributed by atoms with Gasteiger partial charge in [0.2, 0.25) is 5.91 Å². The fourth-order valence-corrected chi connectivity index (χ4v) is 3.67. The maximum atomic E-state index is 13.2. The highest BCUT2D eigenvalue weighted by molar-refractivity contribution is 5.95. The summed E-state index contributed by atoms with van der Waals surface area (Å²) >= 11 is 0. The first-order valence-corrected chi connectivity index (χ1v) is 9.85. The molecule has 150 valence electrons. The molecule has 0 saturated heterocycles. The number of nitrogens with zero attached hydrogens (tertiary/aromatic N) is 2. The number of aromatic nitrogens is 2. The summed E-state index contributed by atoms with van der Waals surface area (Å²) in [5, 5.41) is 10.2. The van der Waals surface area contributed by atoms with Crippen LogP contribution < -0.4 is 10.6 Å². The lowest BCUT2D eigenvalue weighted by Gasteiger charge is -2.28. The van der Waals surface area contributed by atoms with Crippen LogP contribution in [0.15, 0.2) is 36.7 Å². The Morgan fingerprint density at radius 3 is 2.71 bits per heavy atom. The van der Waals surface area contributed by atoms with Crippen molar-refractivity contribution in [3.05, 3.63) is 53.6 Å². The summed E-state index contributed by atoms with van der Waals surface area (Å²) in [6.07, 6.45) is 7.57. The highest BCUT2D eigenvalue weighted by Gasteiger charge is 2.27. The number of benzene rings is 1. The summed E-state index contributed by atoms with van der Waals surface area (Å²) in [5.74, 6) is -0.417. The van der Waals surface area contributed by atoms with Crippen LogP contribution in [-0.4, -0.2) is 34.2 Å². The zero-order valence-corrected chi connectivity index (χ0v) is 16.2. The van der Waals surface area contributed by atoms with Crippen molar-refractivity contribution in [2.45, 2.75) is 51.6 Å². The van der Waals surface area contributed by atoms with Gasteiger partial charge in [-0.25, -0.2) is 4.39 Å². The summed E-state index contributed by atoms with van der Waals surface area (Å²) in [6, 6.07) is 6.12. The Hall–Kier alpha value is -2.70. The predicted molar refractivity (Wildman–Crippen MR) is 104 cm³/mol. The van der Waals surface area contributed by atoms with Crippen LogP contribution in [0.3, 0.4) is 0 Å². The second kappa shape index (κ2) is 9.48. The molecule has 3 rings (SSSR count). The molecule has 1 aromatic heterocycles. The minimum absolute atomic E-state index is 0.00501. The Morgan fingerprint density at radius 1 is 1.25 bits per heavy atom. The summed E-state index contributed by atoms with van der Waals surface area (Å²) in [6.45, 7) is 3.15. The molecule has 0 atom stereocenters. The number of carbonyl (C=O) groups is 2. The van der Waals surface area contributed by atoms with Gasteiger partial charge in [-0.05, 0) is 68.9 Å². The molecule has 1 saturated carbocycles. The molecule has 1 heterocycles. The van der Waals surface area contributed by atoms with Crippen LogP contribution in [0.2, 0.25) is 0 Å². The number of amides is 2. The lowest BCUT2D eigenvalue weighted by molar-refractivity contribution is -0.126. The highest BCUT2D eigenvalue weighted by Crippen LogP contribution is 2.25. The van der Waals surface area contributed by atoms with Crippen molar-refractivity contribution in [1.29, 1.82) is 0 Å². The van der Waals surface area contributed by atoms with Gasteiger partial charge < -0.3 is 10.6 Å². The minimum Gasteiger partial charge on any atom is -0.356 e. The summed E-state index contributed by atoms with van der Waals surface area (Å²) in [5.41, 5.74) is 1.12. The molecule has 7 heteroatoms. The number of aryl methyl sites for hydroxylation is 2. The van der Waals surface area contributed by atoms with Crippen LogP contribution in [0.1, 0.15) is 48.0 Å². The Morgan fingerprint density at radius 2 is 2.04 bits per heavy atom. The maximum Gasteiger partial charge on any atom is 0.251 e. The van der Waals surface area contributed by atoms with Gasteiger partial charge in [0.05, 0.1) is 0 Å². The van der Waals surface area contributed by atoms with E-state index in [0.29, 0.717) is 17.7 Å². The first-order chi connectivity index (χ1) is 13.5. The van der Waals surface area contributed by atoms with Gasteiger partial charge in [0, 0.05) is 43.0 Å². The monoisotopic (exact) mass is 386 g/mol. The fraction of sp³-hybridized carbons (Fsp3) is 0.476. The van der Waals surface area contributed by atoms with Gasteiger partial charge in [-0.2, -0.15) is 5.10 Å². The molecule has 1 fully saturated rings. The molecule has 28 heavy (non-hydrogen) atoms. The van der Waals surface area contributed by atoms with Crippen molar-refractivity contribution in [3.63, 3.8) is 0 Å². The Kier molecular flexibility index (Phi) is 6.79. The minimum atomic E-state index is -0.342. The standard InChI is InChI=1S/C21H27FN4O2/c1-15-14-17(22)6-9-19(15)21(28)25-18-7-4-16(5-8-18)20(27)23-10-2-12-26-13-3-11-24-26/h3,6,9,11,13-14,16,18H,2,4-5,7-8,10,12H2,1H3,(H,23,27)(H,25,28). The molecule has 1 aliphatic carbocycles. The van der Waals surface area contributed by atoms with Gasteiger partial charge in [-0.1, -0.05) is 0 Å². The smallest absolute Gasteiger partial charge is 0.251 e. The maximum absolute atomic E-state index is 13.2. The largest absolute Gasteiger partial charge is 0.356 e. The molecule has 0 radical (unpaired) electrons. The van der Waals surface area contributed by atoms with E-state index in [1.807, 2.05) is 16.9 Å². The number of hydrogen-bond donors (Lipinski definition) is 2. The molecular weight excluding hydrogens is 359 g/mol. The first-order valence-electron chi connectivity index (χ1n) is 9.85. The number of hydrogen-bond acceptors (Lipinski definition) is 3. The van der Waals surface area contributed by atoms with Crippen molar-refractivity contribution < 1.29 is 14.0 Å². The summed E-state index contributed by atoms with van der Waals surface area (Å²) < 4.78 is 15.0. The quantitative estimate of drug-likeness (QED) is 0.719. The molecule has 0 aliphatic heterocycles. The SMILES string of the molecule is Cc1cc(F)ccc1C(=O)NC1CCC(C(=O)NCCCn2cccn2)CC1. The van der Waals surface area contributed by atoms with Gasteiger partial charge in [0.1, 0.15) is 5.82 Å². The number of carbonyl (C=O) groups excluding carboxylic acids is 2. The van der Waals surface area contributed by atoms with Crippen molar-refractivity contribution in [1.82, 2.24) is 20.4 Å². The lowest BCUT2D eigenvalue weighted by Crippen LogP contribution is -2.41. The highest BCUT2D eigenvalue weighted by atomic mass is 19.1. The number of halogens is 1. The number of rotatable bonds is 7. The molecule has 2 amide bonds. The molecule has 0 spiro atoms. The van der Waals surface area contributed by atoms with Gasteiger partial charge in [0.15, 0.2) is 0 Å². The zero-order valence-electron chi connectivity index (χ0n) is 16.2. The van der Waals surface area contributed by atoms with Gasteiger partial charge in [-0.3, -0.25) is 14.3 Å². The van der Waals surface area contributed by atoms with Crippen LogP contribution in [0.4, 0.5) is 4.39 Å². The van der Waals surface area contributed by atoms with Crippen molar-refractivity contribution in [2.75, 3.05) is 6.54 Å². The molecule has 6 nitrogen and oxygen atoms in total. The number of nitrogens with one attached hydrogen (secondary N) is 2. The molecule has 1 aromatic carbocycles. The van der Waals surface area contributed by atoms with E-state index in [2.05, 4.69) is 15.7 Å². The summed E-state index contributed by atoms with van der Waals surface area (Å²) in [4.78, 5) is 24.7. The molecule has 1 aliphatic rings. The van der Waals surface area contributed by atoms with E-state index in [0.717, 1.165) is 38.6 Å². The van der Waals surface area contributed by atoms with Crippen molar-refractivity contribution in [3.8, 4) is 0 Å². The average molecular weight is 386 g/mol. The second-order valence-corrected chi connectivity index (χ2v) is 7.39. The van der Waals surface area contributed by atoms with Gasteiger partial charge in [0.25, 0.3) is 5.91 Å². The van der Waals surface area contributed by atoms with Crippen molar-refractivity contribution in [2.24, 2.45) is 5.92 Å². The zero-order chi connectivity index (χ0) is 19.9. The van der Waals surface area contributed by atoms with Gasteiger partial charge in [-0.15, -0.1) is 0 Å². The Bertz CT molecular complexity index is 799. The van der Waals surface area contributed by atoms with E-state index in [-0.39, 0.29) is 29.6 Å². The molecule has 2 aromatic rings. The molecular formula is C21H27FN4O2. The van der Waals surface area contributed by atoms with Crippen LogP contribution in [-0.2, 0) is 11.3 Å². The van der Waals surface area contributed by atoms with E-state index >= 15 is 0 Å². The van der Waals surface area contributed by atoms with E-state index in [1.165, 1.54) is 18.2 Å². The topological polar surface area (TPSA) is 76.0 Å². The predicted octanol–water partition coefficient (Wildman–Crippen LogP) is 2.83. The second-order valence-electron chi connectivity index (χ2n) is 7.39. The first kappa shape index (κ1) is 20.0. The Balaban J connectivity index is 1.37. The van der Waals surface area contributed by atoms with E-state index in [4.69, 9.17) is 0 Å². The molecule has 0 unspecified atom stereocenters. The van der Waals surface area contributed by atoms with Crippen LogP contribution in [0.25, 0.3) is 0 Å². The lowest BCUT2D eigenvalue weighted by atomic mass is 9.85. The van der Waals surface area contributed by atoms with E-state index in [9.17, 15) is 14.0 Å². The third-order valence-electron chi connectivity index (χ3n) is 5.29. The fourth-order valence-electron chi connectivity index (χ4n) is 3.67. The van der Waals surface area contributed by atoms with Gasteiger partial charge >= 0.3 is 0 Å². The van der Waals surface area contributed by atoms with Crippen LogP contribution in [0, 0.1) is 18.7 Å². The average Bonchev–Trinajstić information content (AvgIpc) is 3.19. The molecule has 0 bridgehead atoms. The normalized spacial score (nSPS) is 19.2. The van der Waals surface area contributed by atoms with E-state index in [1.54, 1.807) is 13.1 Å². The third-order valence-corrected chi connectivity index (χ3v) is 5.29. The van der Waals surface area contributed by atoms with E-state index < -0.39 is 0 Å².